The fourth-order valence-corrected chi connectivity index (χ4v) is 14.9. The Morgan fingerprint density at radius 1 is 0.748 bits per heavy atom. The molecule has 3 aliphatic carbocycles. The molecule has 2 aromatic carbocycles. The average Bonchev–Trinajstić information content (AvgIpc) is 1.79. The van der Waals surface area contributed by atoms with E-state index >= 15 is 32.8 Å². The van der Waals surface area contributed by atoms with Gasteiger partial charge in [0.05, 0.1) is 38.7 Å². The monoisotopic (exact) mass is 1450 g/mol. The third-order valence-electron chi connectivity index (χ3n) is 21.6. The number of ether oxygens (including phenoxy) is 1. The number of aryl methyl sites for hydroxylation is 1. The van der Waals surface area contributed by atoms with Crippen molar-refractivity contribution in [2.75, 3.05) is 95.7 Å². The van der Waals surface area contributed by atoms with E-state index in [1.54, 1.807) is 31.2 Å². The van der Waals surface area contributed by atoms with Crippen LogP contribution < -0.4 is 21.1 Å². The van der Waals surface area contributed by atoms with Gasteiger partial charge >= 0.3 is 6.18 Å². The lowest BCUT2D eigenvalue weighted by molar-refractivity contribution is -0.156. The molecule has 6 aliphatic rings. The van der Waals surface area contributed by atoms with Crippen molar-refractivity contribution in [1.82, 2.24) is 54.7 Å². The Bertz CT molecular complexity index is 3420. The summed E-state index contributed by atoms with van der Waals surface area (Å²) in [5.41, 5.74) is 1.50. The first kappa shape index (κ1) is 82.0. The third kappa shape index (κ3) is 19.8. The summed E-state index contributed by atoms with van der Waals surface area (Å²) in [6, 6.07) is -0.145. The molecule has 8 rings (SSSR count). The van der Waals surface area contributed by atoms with Gasteiger partial charge in [-0.2, -0.15) is 13.2 Å². The van der Waals surface area contributed by atoms with E-state index in [0.29, 0.717) is 87.7 Å². The Labute approximate surface area is 600 Å². The number of carbonyl (C=O) groups is 12. The van der Waals surface area contributed by atoms with Crippen molar-refractivity contribution in [2.45, 2.75) is 209 Å². The van der Waals surface area contributed by atoms with Gasteiger partial charge in [0, 0.05) is 82.3 Å². The maximum absolute atomic E-state index is 15.5. The number of nitrogens with two attached hydrogens (primary N) is 1. The van der Waals surface area contributed by atoms with Gasteiger partial charge in [-0.1, -0.05) is 71.4 Å². The van der Waals surface area contributed by atoms with Gasteiger partial charge in [-0.25, -0.2) is 8.78 Å². The zero-order valence-electron chi connectivity index (χ0n) is 61.5. The Hall–Kier alpha value is -8.31. The number of alkyl halides is 3. The van der Waals surface area contributed by atoms with Crippen LogP contribution in [0.3, 0.4) is 0 Å². The number of fused-ring (bicyclic) bond motifs is 24. The number of carbonyl (C=O) groups excluding carboxylic acids is 12. The highest BCUT2D eigenvalue weighted by Crippen LogP contribution is 2.43. The number of nitrogens with one attached hydrogen (secondary N) is 2. The quantitative estimate of drug-likeness (QED) is 0.201. The van der Waals surface area contributed by atoms with Crippen molar-refractivity contribution in [3.8, 4) is 5.75 Å². The predicted molar refractivity (Wildman–Crippen MR) is 369 cm³/mol. The summed E-state index contributed by atoms with van der Waals surface area (Å²) >= 11 is 0. The van der Waals surface area contributed by atoms with Crippen LogP contribution >= 0.6 is 0 Å². The number of hydrogen-bond acceptors (Lipinski definition) is 14. The minimum absolute atomic E-state index is 0.0305. The molecule has 8 atom stereocenters. The third-order valence-corrected chi connectivity index (χ3v) is 21.6. The van der Waals surface area contributed by atoms with Gasteiger partial charge in [0.15, 0.2) is 5.78 Å². The van der Waals surface area contributed by atoms with Crippen LogP contribution in [-0.4, -0.2) is 258 Å². The van der Waals surface area contributed by atoms with Crippen LogP contribution in [0.1, 0.15) is 159 Å². The fourth-order valence-electron chi connectivity index (χ4n) is 14.9. The molecule has 3 aliphatic heterocycles. The van der Waals surface area contributed by atoms with Gasteiger partial charge in [-0.05, 0) is 124 Å². The van der Waals surface area contributed by atoms with E-state index in [-0.39, 0.29) is 75.5 Å². The lowest BCUT2D eigenvalue weighted by atomic mass is 9.90. The van der Waals surface area contributed by atoms with E-state index < -0.39 is 180 Å². The maximum Gasteiger partial charge on any atom is 0.422 e. The second-order valence-corrected chi connectivity index (χ2v) is 29.1. The number of halogens is 5. The standard InChI is InChI=1S/C73H105F5N12O13/c1-12-34-89(60(95)44-83(6)59(94)43-85(8)68(100)62(79)45(3)13-2)55-39-46-25-28-49(29-26-46)103-36-20-14-17-33-72(41-56(72)91)88(11)58(93)40-54(66(98)82(4)5)86(9)69(101)63(48-22-15-16-23-48)87(10)70(102)71(31-18-19-32-71)81-64(96)53-24-21-35-90(53)65(97)52(80-57(92)42-84(7)67(55)99)30-27-47-37-50(74)61(51(75)38-47)73(76,77)78/h25-26,28-29,37-38,45,48,52-55,62-63H,12-24,27,30-36,39-44,79H2,1-11H3,(H,80,92)(H,81,96)/t45-,52-,53-,54-,55-,62-,63-,72-/m0/s1. The van der Waals surface area contributed by atoms with Crippen LogP contribution in [-0.2, 0) is 76.6 Å². The van der Waals surface area contributed by atoms with Gasteiger partial charge in [0.2, 0.25) is 65.0 Å². The van der Waals surface area contributed by atoms with Crippen LogP contribution in [0.5, 0.6) is 5.75 Å². The van der Waals surface area contributed by atoms with Crippen LogP contribution in [0.4, 0.5) is 22.0 Å². The lowest BCUT2D eigenvalue weighted by Gasteiger charge is -2.42. The van der Waals surface area contributed by atoms with Gasteiger partial charge in [0.1, 0.15) is 64.2 Å². The van der Waals surface area contributed by atoms with E-state index in [4.69, 9.17) is 10.5 Å². The average molecular weight is 1450 g/mol. The highest BCUT2D eigenvalue weighted by atomic mass is 19.4. The molecule has 0 aromatic heterocycles. The predicted octanol–water partition coefficient (Wildman–Crippen LogP) is 4.86. The summed E-state index contributed by atoms with van der Waals surface area (Å²) < 4.78 is 77.7. The topological polar surface area (TPSA) is 293 Å². The molecule has 570 valence electrons. The summed E-state index contributed by atoms with van der Waals surface area (Å²) in [5.74, 6) is -11.7. The molecule has 2 spiro atoms. The second kappa shape index (κ2) is 35.4. The highest BCUT2D eigenvalue weighted by molar-refractivity contribution is 6.08. The van der Waals surface area contributed by atoms with E-state index in [9.17, 15) is 46.7 Å². The number of rotatable bonds is 15. The normalized spacial score (nSPS) is 24.2. The largest absolute Gasteiger partial charge is 0.494 e. The lowest BCUT2D eigenvalue weighted by Crippen LogP contribution is -2.65. The Balaban J connectivity index is 1.24. The van der Waals surface area contributed by atoms with E-state index in [1.165, 1.54) is 90.7 Å². The Kier molecular flexibility index (Phi) is 28.2. The van der Waals surface area contributed by atoms with E-state index in [2.05, 4.69) is 10.6 Å². The number of hydrogen-bond donors (Lipinski definition) is 3. The van der Waals surface area contributed by atoms with Crippen molar-refractivity contribution < 1.29 is 84.2 Å². The molecule has 4 N–H and O–H groups in total. The summed E-state index contributed by atoms with van der Waals surface area (Å²) in [6.07, 6.45) is -0.0939. The Morgan fingerprint density at radius 3 is 1.94 bits per heavy atom. The molecule has 2 bridgehead atoms. The van der Waals surface area contributed by atoms with Gasteiger partial charge in [0.25, 0.3) is 0 Å². The first-order valence-corrected chi connectivity index (χ1v) is 36.1. The summed E-state index contributed by atoms with van der Waals surface area (Å²) in [7, 11) is 11.4. The molecule has 11 amide bonds. The van der Waals surface area contributed by atoms with Crippen molar-refractivity contribution >= 4 is 70.8 Å². The number of likely N-dealkylation sites (N-methyl/N-ethyl adjacent to an activating group) is 7. The first-order valence-electron chi connectivity index (χ1n) is 36.1. The molecule has 0 unspecified atom stereocenters. The summed E-state index contributed by atoms with van der Waals surface area (Å²) in [4.78, 5) is 185. The summed E-state index contributed by atoms with van der Waals surface area (Å²) in [5, 5.41) is 5.60. The molecule has 1 saturated heterocycles. The van der Waals surface area contributed by atoms with Crippen molar-refractivity contribution in [3.63, 3.8) is 0 Å². The number of benzene rings is 2. The van der Waals surface area contributed by atoms with E-state index in [1.807, 2.05) is 13.8 Å². The van der Waals surface area contributed by atoms with Crippen molar-refractivity contribution in [1.29, 1.82) is 0 Å². The molecule has 25 nitrogen and oxygen atoms in total. The van der Waals surface area contributed by atoms with Gasteiger partial charge in [-0.3, -0.25) is 57.5 Å². The van der Waals surface area contributed by atoms with Crippen LogP contribution in [0.15, 0.2) is 36.4 Å². The molecule has 3 saturated carbocycles. The number of ketones is 1. The highest BCUT2D eigenvalue weighted by Gasteiger charge is 2.58. The van der Waals surface area contributed by atoms with Crippen LogP contribution in [0.25, 0.3) is 0 Å². The molecule has 3 heterocycles. The number of Topliss-reactive ketones (excluding diaryl/α,β-unsaturated/α-hetero) is 1. The molecule has 0 radical (unpaired) electrons. The Morgan fingerprint density at radius 2 is 1.36 bits per heavy atom. The first-order chi connectivity index (χ1) is 48.5. The zero-order valence-corrected chi connectivity index (χ0v) is 61.5. The SMILES string of the molecule is CCCN(C(=O)CN(C)C(=O)CN(C)C(=O)[C@@H](N)[C@@H](C)CC)[C@H]1Cc2ccc(cc2)OCCCCC[C@@]2(CC2=O)N(C)C(=O)C[C@@H](C(=O)N(C)C)N(C)C(=O)[C@H](C2CCCC2)N(C)C(=O)C2(CCCC2)NC(=O)[C@@H]2CCCN2C(=O)[C@H](CCc2cc(F)c(C(F)(F)F)c(F)c2)NC(=O)CN(C)C1=O. The smallest absolute Gasteiger partial charge is 0.422 e. The van der Waals surface area contributed by atoms with Gasteiger partial charge < -0.3 is 65.2 Å². The minimum atomic E-state index is -5.40. The van der Waals surface area contributed by atoms with E-state index in [0.717, 1.165) is 22.6 Å². The van der Waals surface area contributed by atoms with Crippen molar-refractivity contribution in [3.05, 3.63) is 64.7 Å². The molecule has 30 heteroatoms. The molecule has 103 heavy (non-hydrogen) atoms. The zero-order chi connectivity index (χ0) is 76.2. The minimum Gasteiger partial charge on any atom is -0.494 e. The molecular formula is C73H105F5N12O13. The molecule has 2 aromatic rings. The summed E-state index contributed by atoms with van der Waals surface area (Å²) in [6.45, 7) is 3.81. The second-order valence-electron chi connectivity index (χ2n) is 29.1. The fraction of sp³-hybridized carbons (Fsp3) is 0.671. The molecule has 4 fully saturated rings. The maximum atomic E-state index is 15.5. The van der Waals surface area contributed by atoms with Crippen LogP contribution in [0.2, 0.25) is 0 Å². The van der Waals surface area contributed by atoms with Gasteiger partial charge in [-0.15, -0.1) is 0 Å². The number of nitrogens with zero attached hydrogens (tertiary/aromatic N) is 9. The molecular weight excluding hydrogens is 1350 g/mol. The van der Waals surface area contributed by atoms with Crippen LogP contribution in [0, 0.1) is 23.5 Å². The number of amides is 11. The van der Waals surface area contributed by atoms with Crippen molar-refractivity contribution in [2.24, 2.45) is 17.6 Å².